The minimum absolute atomic E-state index is 0.00977. The molecule has 0 fully saturated rings. The van der Waals surface area contributed by atoms with E-state index in [-0.39, 0.29) is 18.2 Å². The molecule has 0 saturated heterocycles. The maximum Gasteiger partial charge on any atom is 0.349 e. The molecule has 0 aromatic carbocycles. The van der Waals surface area contributed by atoms with Crippen LogP contribution in [0.1, 0.15) is 6.92 Å². The molecule has 0 amide bonds. The maximum absolute atomic E-state index is 10.6. The van der Waals surface area contributed by atoms with Crippen molar-refractivity contribution in [1.82, 2.24) is 0 Å². The SMILES string of the molecule is C=C(Cl)C(=O)OCCOC(C)=O. The van der Waals surface area contributed by atoms with E-state index in [1.54, 1.807) is 0 Å². The Kier molecular flexibility index (Phi) is 5.12. The highest BCUT2D eigenvalue weighted by Crippen LogP contribution is 1.98. The van der Waals surface area contributed by atoms with Crippen molar-refractivity contribution >= 4 is 23.5 Å². The van der Waals surface area contributed by atoms with Gasteiger partial charge in [0.05, 0.1) is 0 Å². The monoisotopic (exact) mass is 192 g/mol. The van der Waals surface area contributed by atoms with Gasteiger partial charge in [-0.3, -0.25) is 4.79 Å². The van der Waals surface area contributed by atoms with E-state index < -0.39 is 11.9 Å². The van der Waals surface area contributed by atoms with Crippen LogP contribution in [0.3, 0.4) is 0 Å². The summed E-state index contributed by atoms with van der Waals surface area (Å²) in [5.41, 5.74) is 0. The van der Waals surface area contributed by atoms with Gasteiger partial charge in [-0.15, -0.1) is 0 Å². The molecule has 0 aliphatic carbocycles. The summed E-state index contributed by atoms with van der Waals surface area (Å²) in [6, 6.07) is 0. The maximum atomic E-state index is 10.6. The van der Waals surface area contributed by atoms with Crippen LogP contribution in [0, 0.1) is 0 Å². The van der Waals surface area contributed by atoms with E-state index in [2.05, 4.69) is 16.1 Å². The van der Waals surface area contributed by atoms with Gasteiger partial charge in [-0.05, 0) is 0 Å². The van der Waals surface area contributed by atoms with Gasteiger partial charge in [0.25, 0.3) is 0 Å². The summed E-state index contributed by atoms with van der Waals surface area (Å²) in [7, 11) is 0. The average Bonchev–Trinajstić information content (AvgIpc) is 1.97. The lowest BCUT2D eigenvalue weighted by Gasteiger charge is -2.02. The molecular weight excluding hydrogens is 184 g/mol. The summed E-state index contributed by atoms with van der Waals surface area (Å²) in [5, 5.41) is -0.196. The molecule has 5 heteroatoms. The van der Waals surface area contributed by atoms with E-state index in [1.165, 1.54) is 6.92 Å². The van der Waals surface area contributed by atoms with Gasteiger partial charge in [0.15, 0.2) is 0 Å². The third-order valence-electron chi connectivity index (χ3n) is 0.843. The highest BCUT2D eigenvalue weighted by molar-refractivity contribution is 6.40. The van der Waals surface area contributed by atoms with Crippen molar-refractivity contribution in [3.8, 4) is 0 Å². The standard InChI is InChI=1S/C7H9ClO4/c1-5(8)7(10)12-4-3-11-6(2)9/h1,3-4H2,2H3. The third-order valence-corrected chi connectivity index (χ3v) is 0.998. The van der Waals surface area contributed by atoms with Gasteiger partial charge in [-0.2, -0.15) is 0 Å². The van der Waals surface area contributed by atoms with E-state index in [0.717, 1.165) is 0 Å². The molecule has 0 aromatic heterocycles. The molecule has 0 aliphatic rings. The fraction of sp³-hybridized carbons (Fsp3) is 0.429. The zero-order valence-corrected chi connectivity index (χ0v) is 7.39. The Hall–Kier alpha value is -1.03. The van der Waals surface area contributed by atoms with Gasteiger partial charge in [0, 0.05) is 6.92 Å². The molecule has 0 aromatic rings. The number of hydrogen-bond donors (Lipinski definition) is 0. The Balaban J connectivity index is 3.38. The largest absolute Gasteiger partial charge is 0.462 e. The topological polar surface area (TPSA) is 52.6 Å². The van der Waals surface area contributed by atoms with Crippen LogP contribution in [-0.4, -0.2) is 25.2 Å². The predicted octanol–water partition coefficient (Wildman–Crippen LogP) is 0.845. The summed E-state index contributed by atoms with van der Waals surface area (Å²) in [6.45, 7) is 4.44. The zero-order valence-electron chi connectivity index (χ0n) is 6.63. The number of rotatable bonds is 4. The minimum atomic E-state index is -0.705. The van der Waals surface area contributed by atoms with Crippen LogP contribution >= 0.6 is 11.6 Å². The number of carbonyl (C=O) groups is 2. The first-order valence-electron chi connectivity index (χ1n) is 3.19. The minimum Gasteiger partial charge on any atom is -0.462 e. The van der Waals surface area contributed by atoms with Gasteiger partial charge in [0.1, 0.15) is 18.2 Å². The first-order chi connectivity index (χ1) is 5.54. The molecule has 68 valence electrons. The van der Waals surface area contributed by atoms with Crippen molar-refractivity contribution in [3.05, 3.63) is 11.6 Å². The normalized spacial score (nSPS) is 8.83. The number of halogens is 1. The molecule has 0 radical (unpaired) electrons. The zero-order chi connectivity index (χ0) is 9.56. The van der Waals surface area contributed by atoms with Crippen molar-refractivity contribution in [2.45, 2.75) is 6.92 Å². The van der Waals surface area contributed by atoms with E-state index in [4.69, 9.17) is 11.6 Å². The lowest BCUT2D eigenvalue weighted by molar-refractivity contribution is -0.148. The second-order valence-electron chi connectivity index (χ2n) is 1.88. The Morgan fingerprint density at radius 2 is 1.83 bits per heavy atom. The van der Waals surface area contributed by atoms with Gasteiger partial charge < -0.3 is 9.47 Å². The summed E-state index contributed by atoms with van der Waals surface area (Å²) in [5.74, 6) is -1.13. The van der Waals surface area contributed by atoms with Crippen LogP contribution in [0.25, 0.3) is 0 Å². The quantitative estimate of drug-likeness (QED) is 0.376. The first-order valence-corrected chi connectivity index (χ1v) is 3.56. The van der Waals surface area contributed by atoms with Crippen LogP contribution in [0.5, 0.6) is 0 Å². The molecule has 0 spiro atoms. The average molecular weight is 193 g/mol. The lowest BCUT2D eigenvalue weighted by Crippen LogP contribution is -2.11. The van der Waals surface area contributed by atoms with Crippen LogP contribution in [0.2, 0.25) is 0 Å². The van der Waals surface area contributed by atoms with Crippen LogP contribution in [-0.2, 0) is 19.1 Å². The fourth-order valence-electron chi connectivity index (χ4n) is 0.398. The molecule has 0 saturated carbocycles. The summed E-state index contributed by atoms with van der Waals surface area (Å²) >= 11 is 5.19. The van der Waals surface area contributed by atoms with E-state index in [9.17, 15) is 9.59 Å². The van der Waals surface area contributed by atoms with Crippen LogP contribution < -0.4 is 0 Å². The molecule has 0 N–H and O–H groups in total. The molecular formula is C7H9ClO4. The van der Waals surface area contributed by atoms with Crippen LogP contribution in [0.15, 0.2) is 11.6 Å². The number of carbonyl (C=O) groups excluding carboxylic acids is 2. The summed E-state index contributed by atoms with van der Waals surface area (Å²) in [4.78, 5) is 20.8. The Labute approximate surface area is 75.1 Å². The Bertz CT molecular complexity index is 200. The molecule has 0 rings (SSSR count). The predicted molar refractivity (Wildman–Crippen MR) is 42.6 cm³/mol. The second kappa shape index (κ2) is 5.60. The van der Waals surface area contributed by atoms with E-state index in [1.807, 2.05) is 0 Å². The Morgan fingerprint density at radius 3 is 2.25 bits per heavy atom. The smallest absolute Gasteiger partial charge is 0.349 e. The molecule has 0 unspecified atom stereocenters. The van der Waals surface area contributed by atoms with Gasteiger partial charge in [-0.25, -0.2) is 4.79 Å². The highest BCUT2D eigenvalue weighted by Gasteiger charge is 2.04. The lowest BCUT2D eigenvalue weighted by atomic mass is 10.6. The van der Waals surface area contributed by atoms with Crippen molar-refractivity contribution in [2.75, 3.05) is 13.2 Å². The number of ether oxygens (including phenoxy) is 2. The molecule has 0 aliphatic heterocycles. The van der Waals surface area contributed by atoms with Gasteiger partial charge in [-0.1, -0.05) is 18.2 Å². The van der Waals surface area contributed by atoms with Crippen molar-refractivity contribution in [1.29, 1.82) is 0 Å². The summed E-state index contributed by atoms with van der Waals surface area (Å²) < 4.78 is 8.99. The first kappa shape index (κ1) is 11.0. The molecule has 0 heterocycles. The van der Waals surface area contributed by atoms with E-state index >= 15 is 0 Å². The van der Waals surface area contributed by atoms with Crippen molar-refractivity contribution < 1.29 is 19.1 Å². The van der Waals surface area contributed by atoms with Crippen molar-refractivity contribution in [2.24, 2.45) is 0 Å². The highest BCUT2D eigenvalue weighted by atomic mass is 35.5. The van der Waals surface area contributed by atoms with Crippen LogP contribution in [0.4, 0.5) is 0 Å². The van der Waals surface area contributed by atoms with Crippen molar-refractivity contribution in [3.63, 3.8) is 0 Å². The number of hydrogen-bond acceptors (Lipinski definition) is 4. The molecule has 0 atom stereocenters. The third kappa shape index (κ3) is 5.73. The molecule has 0 bridgehead atoms. The number of esters is 2. The second-order valence-corrected chi connectivity index (χ2v) is 2.34. The summed E-state index contributed by atoms with van der Waals surface area (Å²) in [6.07, 6.45) is 0. The van der Waals surface area contributed by atoms with E-state index in [0.29, 0.717) is 0 Å². The van der Waals surface area contributed by atoms with Gasteiger partial charge in [0.2, 0.25) is 0 Å². The Morgan fingerprint density at radius 1 is 1.33 bits per heavy atom. The molecule has 12 heavy (non-hydrogen) atoms. The van der Waals surface area contributed by atoms with Gasteiger partial charge >= 0.3 is 11.9 Å². The molecule has 4 nitrogen and oxygen atoms in total. The fourth-order valence-corrected chi connectivity index (χ4v) is 0.453.